The Morgan fingerprint density at radius 2 is 1.86 bits per heavy atom. The van der Waals surface area contributed by atoms with Crippen LogP contribution in [0.5, 0.6) is 0 Å². The highest BCUT2D eigenvalue weighted by atomic mass is 33.1. The fourth-order valence-electron chi connectivity index (χ4n) is 1.47. The molecule has 22 heavy (non-hydrogen) atoms. The van der Waals surface area contributed by atoms with Crippen LogP contribution in [0.3, 0.4) is 0 Å². The van der Waals surface area contributed by atoms with Gasteiger partial charge in [-0.05, 0) is 13.0 Å². The zero-order valence-electron chi connectivity index (χ0n) is 12.0. The maximum Gasteiger partial charge on any atom is 0.472 e. The molecule has 0 aromatic heterocycles. The monoisotopic (exact) mass is 397 g/mol. The number of rotatable bonds is 10. The second-order valence-electron chi connectivity index (χ2n) is 4.36. The zero-order chi connectivity index (χ0) is 16.6. The van der Waals surface area contributed by atoms with Gasteiger partial charge in [-0.2, -0.15) is 0 Å². The van der Waals surface area contributed by atoms with Crippen LogP contribution in [0.2, 0.25) is 0 Å². The van der Waals surface area contributed by atoms with Gasteiger partial charge < -0.3 is 15.5 Å². The van der Waals surface area contributed by atoms with E-state index in [1.54, 1.807) is 0 Å². The molecule has 13 heteroatoms. The standard InChI is InChI=1S/C9H21NO8P2S2/c1-15-19(11,12)18-9-7-22-21-6-8(9)5-17-20(13,14)16-4-2-3-10/h8-9H,2-7,10H2,1H3,(H,11,12)(H,13,14). The number of hydrogen-bond donors (Lipinski definition) is 3. The summed E-state index contributed by atoms with van der Waals surface area (Å²) in [6, 6.07) is 0. The van der Waals surface area contributed by atoms with Gasteiger partial charge in [0.25, 0.3) is 0 Å². The molecular formula is C9H21NO8P2S2. The molecule has 0 bridgehead atoms. The van der Waals surface area contributed by atoms with Gasteiger partial charge in [0.15, 0.2) is 0 Å². The molecule has 1 rings (SSSR count). The molecule has 1 fully saturated rings. The van der Waals surface area contributed by atoms with Gasteiger partial charge in [0.1, 0.15) is 0 Å². The van der Waals surface area contributed by atoms with Gasteiger partial charge in [0.2, 0.25) is 0 Å². The van der Waals surface area contributed by atoms with E-state index in [1.165, 1.54) is 21.6 Å². The van der Waals surface area contributed by atoms with Crippen molar-refractivity contribution < 1.29 is 37.0 Å². The molecule has 1 aliphatic heterocycles. The molecule has 1 saturated heterocycles. The number of phosphoric acid groups is 2. The molecule has 0 amide bonds. The molecule has 0 radical (unpaired) electrons. The third kappa shape index (κ3) is 8.12. The van der Waals surface area contributed by atoms with Crippen LogP contribution in [-0.2, 0) is 27.2 Å². The van der Waals surface area contributed by atoms with Gasteiger partial charge in [0, 0.05) is 24.5 Å². The fourth-order valence-corrected chi connectivity index (χ4v) is 5.72. The summed E-state index contributed by atoms with van der Waals surface area (Å²) in [5, 5.41) is 0. The lowest BCUT2D eigenvalue weighted by Gasteiger charge is -2.31. The van der Waals surface area contributed by atoms with E-state index >= 15 is 0 Å². The summed E-state index contributed by atoms with van der Waals surface area (Å²) in [7, 11) is -4.20. The Balaban J connectivity index is 2.50. The lowest BCUT2D eigenvalue weighted by atomic mass is 10.1. The molecule has 0 aromatic rings. The van der Waals surface area contributed by atoms with Crippen LogP contribution in [0.15, 0.2) is 0 Å². The van der Waals surface area contributed by atoms with Crippen molar-refractivity contribution in [3.05, 3.63) is 0 Å². The van der Waals surface area contributed by atoms with Crippen LogP contribution in [0.1, 0.15) is 6.42 Å². The lowest BCUT2D eigenvalue weighted by Crippen LogP contribution is -2.33. The minimum atomic E-state index is -4.16. The molecule has 1 aliphatic rings. The smallest absolute Gasteiger partial charge is 0.330 e. The van der Waals surface area contributed by atoms with Crippen molar-refractivity contribution >= 4 is 37.2 Å². The summed E-state index contributed by atoms with van der Waals surface area (Å²) in [5.74, 6) is 0.651. The average Bonchev–Trinajstić information content (AvgIpc) is 2.46. The molecule has 0 saturated carbocycles. The van der Waals surface area contributed by atoms with Crippen molar-refractivity contribution in [2.75, 3.05) is 38.4 Å². The van der Waals surface area contributed by atoms with Crippen molar-refractivity contribution in [3.8, 4) is 0 Å². The summed E-state index contributed by atoms with van der Waals surface area (Å²) in [5.41, 5.74) is 5.26. The Morgan fingerprint density at radius 3 is 2.50 bits per heavy atom. The fraction of sp³-hybridized carbons (Fsp3) is 1.00. The first kappa shape index (κ1) is 20.9. The predicted molar refractivity (Wildman–Crippen MR) is 85.5 cm³/mol. The Morgan fingerprint density at radius 1 is 1.18 bits per heavy atom. The van der Waals surface area contributed by atoms with Crippen molar-refractivity contribution in [2.45, 2.75) is 12.5 Å². The van der Waals surface area contributed by atoms with Crippen LogP contribution in [0.25, 0.3) is 0 Å². The number of nitrogens with two attached hydrogens (primary N) is 1. The summed E-state index contributed by atoms with van der Waals surface area (Å²) in [4.78, 5) is 18.9. The molecular weight excluding hydrogens is 376 g/mol. The van der Waals surface area contributed by atoms with Crippen LogP contribution < -0.4 is 5.73 Å². The van der Waals surface area contributed by atoms with E-state index in [2.05, 4.69) is 4.52 Å². The SMILES string of the molecule is COP(=O)(O)OC1CSSCC1COP(=O)(O)OCCCN. The molecule has 132 valence electrons. The van der Waals surface area contributed by atoms with E-state index in [0.29, 0.717) is 24.5 Å². The second-order valence-corrected chi connectivity index (χ2v) is 9.88. The summed E-state index contributed by atoms with van der Waals surface area (Å²) in [6.45, 7) is 0.239. The largest absolute Gasteiger partial charge is 0.472 e. The average molecular weight is 397 g/mol. The highest BCUT2D eigenvalue weighted by Gasteiger charge is 2.35. The van der Waals surface area contributed by atoms with Gasteiger partial charge in [-0.1, -0.05) is 21.6 Å². The Hall–Kier alpha value is 0.880. The highest BCUT2D eigenvalue weighted by molar-refractivity contribution is 8.76. The Kier molecular flexibility index (Phi) is 9.51. The molecule has 9 nitrogen and oxygen atoms in total. The van der Waals surface area contributed by atoms with Crippen LogP contribution in [0, 0.1) is 5.92 Å². The topological polar surface area (TPSA) is 138 Å². The molecule has 4 unspecified atom stereocenters. The van der Waals surface area contributed by atoms with Gasteiger partial charge in [0.05, 0.1) is 19.3 Å². The quantitative estimate of drug-likeness (QED) is 0.281. The summed E-state index contributed by atoms with van der Waals surface area (Å²) < 4.78 is 42.3. The van der Waals surface area contributed by atoms with Crippen molar-refractivity contribution in [3.63, 3.8) is 0 Å². The molecule has 4 atom stereocenters. The summed E-state index contributed by atoms with van der Waals surface area (Å²) >= 11 is 0. The molecule has 0 spiro atoms. The van der Waals surface area contributed by atoms with Crippen LogP contribution in [-0.4, -0.2) is 54.3 Å². The van der Waals surface area contributed by atoms with Crippen LogP contribution >= 0.6 is 37.2 Å². The summed E-state index contributed by atoms with van der Waals surface area (Å²) in [6.07, 6.45) is -0.178. The highest BCUT2D eigenvalue weighted by Crippen LogP contribution is 2.49. The molecule has 0 aliphatic carbocycles. The Bertz CT molecular complexity index is 428. The van der Waals surface area contributed by atoms with E-state index in [4.69, 9.17) is 19.3 Å². The minimum Gasteiger partial charge on any atom is -0.330 e. The molecule has 0 aromatic carbocycles. The van der Waals surface area contributed by atoms with Crippen molar-refractivity contribution in [1.29, 1.82) is 0 Å². The van der Waals surface area contributed by atoms with Crippen molar-refractivity contribution in [1.82, 2.24) is 0 Å². The van der Waals surface area contributed by atoms with E-state index < -0.39 is 21.7 Å². The number of hydrogen-bond acceptors (Lipinski definition) is 9. The third-order valence-corrected chi connectivity index (χ3v) is 7.17. The molecule has 4 N–H and O–H groups in total. The van der Waals surface area contributed by atoms with Gasteiger partial charge in [-0.3, -0.25) is 18.1 Å². The van der Waals surface area contributed by atoms with Gasteiger partial charge in [-0.15, -0.1) is 0 Å². The predicted octanol–water partition coefficient (Wildman–Crippen LogP) is 1.61. The minimum absolute atomic E-state index is 0.0228. The first-order valence-corrected chi connectivity index (χ1v) is 11.9. The maximum atomic E-state index is 11.7. The van der Waals surface area contributed by atoms with E-state index in [-0.39, 0.29) is 19.1 Å². The molecule has 1 heterocycles. The van der Waals surface area contributed by atoms with Gasteiger partial charge >= 0.3 is 15.6 Å². The second kappa shape index (κ2) is 10.0. The lowest BCUT2D eigenvalue weighted by molar-refractivity contribution is 0.0662. The van der Waals surface area contributed by atoms with Crippen molar-refractivity contribution in [2.24, 2.45) is 11.7 Å². The zero-order valence-corrected chi connectivity index (χ0v) is 15.5. The normalized spacial score (nSPS) is 28.0. The first-order chi connectivity index (χ1) is 10.3. The van der Waals surface area contributed by atoms with Gasteiger partial charge in [-0.25, -0.2) is 9.13 Å². The maximum absolute atomic E-state index is 11.7. The Labute approximate surface area is 137 Å². The van der Waals surface area contributed by atoms with E-state index in [9.17, 15) is 18.9 Å². The van der Waals surface area contributed by atoms with E-state index in [1.807, 2.05) is 0 Å². The number of phosphoric ester groups is 2. The van der Waals surface area contributed by atoms with Crippen LogP contribution in [0.4, 0.5) is 0 Å². The van der Waals surface area contributed by atoms with E-state index in [0.717, 1.165) is 7.11 Å². The third-order valence-electron chi connectivity index (χ3n) is 2.68. The first-order valence-electron chi connectivity index (χ1n) is 6.43.